The number of fused-ring (bicyclic) bond motifs is 3. The average molecular weight is 515 g/mol. The summed E-state index contributed by atoms with van der Waals surface area (Å²) in [5.74, 6) is 1.26. The lowest BCUT2D eigenvalue weighted by atomic mass is 10.0. The summed E-state index contributed by atoms with van der Waals surface area (Å²) in [4.78, 5) is 44.8. The predicted octanol–water partition coefficient (Wildman–Crippen LogP) is 2.11. The number of nitrogens with zero attached hydrogens (tertiary/aromatic N) is 4. The van der Waals surface area contributed by atoms with Gasteiger partial charge < -0.3 is 25.0 Å². The van der Waals surface area contributed by atoms with Crippen LogP contribution in [0.2, 0.25) is 0 Å². The standard InChI is InChI=1S/C26H38N6O5/c1-16(2)23-24-28-18(5)30-32(24)12-13-37-21-14-19(8-9-20(21)36-6)25(34)27-10-7-11-31(15-22(33)29-23)26(35)17(3)4/h8-9,14,16-17,23H,7,10-13,15H2,1-6H3,(H,27,34)(H,29,33)/t23-/m0/s1. The third kappa shape index (κ3) is 7.21. The lowest BCUT2D eigenvalue weighted by Crippen LogP contribution is -2.45. The topological polar surface area (TPSA) is 128 Å². The van der Waals surface area contributed by atoms with Gasteiger partial charge in [-0.25, -0.2) is 9.67 Å². The van der Waals surface area contributed by atoms with E-state index in [1.165, 1.54) is 0 Å². The molecule has 2 bridgehead atoms. The summed E-state index contributed by atoms with van der Waals surface area (Å²) >= 11 is 0. The fourth-order valence-electron chi connectivity index (χ4n) is 4.17. The summed E-state index contributed by atoms with van der Waals surface area (Å²) in [6.07, 6.45) is 0.498. The normalized spacial score (nSPS) is 17.8. The molecule has 1 aliphatic heterocycles. The fourth-order valence-corrected chi connectivity index (χ4v) is 4.17. The minimum absolute atomic E-state index is 0.0269. The van der Waals surface area contributed by atoms with Crippen molar-refractivity contribution >= 4 is 17.7 Å². The van der Waals surface area contributed by atoms with Crippen LogP contribution in [0.25, 0.3) is 0 Å². The third-order valence-electron chi connectivity index (χ3n) is 6.08. The number of rotatable bonds is 3. The van der Waals surface area contributed by atoms with Crippen LogP contribution in [0.1, 0.15) is 62.2 Å². The number of carbonyl (C=O) groups is 3. The Bertz CT molecular complexity index is 1110. The Balaban J connectivity index is 1.95. The number of methoxy groups -OCH3 is 1. The van der Waals surface area contributed by atoms with Gasteiger partial charge >= 0.3 is 0 Å². The molecule has 0 unspecified atom stereocenters. The van der Waals surface area contributed by atoms with Gasteiger partial charge in [-0.1, -0.05) is 27.7 Å². The van der Waals surface area contributed by atoms with Crippen LogP contribution in [-0.2, 0) is 16.1 Å². The van der Waals surface area contributed by atoms with Crippen molar-refractivity contribution in [1.29, 1.82) is 0 Å². The maximum atomic E-state index is 13.1. The molecule has 2 N–H and O–H groups in total. The fraction of sp³-hybridized carbons (Fsp3) is 0.577. The van der Waals surface area contributed by atoms with Crippen LogP contribution in [0.3, 0.4) is 0 Å². The molecule has 1 aliphatic rings. The third-order valence-corrected chi connectivity index (χ3v) is 6.08. The molecule has 1 aromatic heterocycles. The molecule has 0 saturated heterocycles. The van der Waals surface area contributed by atoms with E-state index < -0.39 is 6.04 Å². The van der Waals surface area contributed by atoms with Gasteiger partial charge in [0, 0.05) is 24.6 Å². The SMILES string of the molecule is COc1ccc2cc1OCCn1nc(C)nc1[C@H](C(C)C)NC(=O)CN(C(=O)C(C)C)CCCNC2=O. The van der Waals surface area contributed by atoms with Crippen molar-refractivity contribution in [2.45, 2.75) is 53.6 Å². The van der Waals surface area contributed by atoms with E-state index in [1.807, 2.05) is 13.8 Å². The number of benzene rings is 1. The molecule has 37 heavy (non-hydrogen) atoms. The van der Waals surface area contributed by atoms with Gasteiger partial charge in [-0.3, -0.25) is 14.4 Å². The van der Waals surface area contributed by atoms with Gasteiger partial charge in [-0.05, 0) is 37.5 Å². The highest BCUT2D eigenvalue weighted by Crippen LogP contribution is 2.28. The number of amides is 3. The average Bonchev–Trinajstić information content (AvgIpc) is 3.22. The molecule has 202 valence electrons. The summed E-state index contributed by atoms with van der Waals surface area (Å²) in [5.41, 5.74) is 0.434. The van der Waals surface area contributed by atoms with Gasteiger partial charge in [0.2, 0.25) is 11.8 Å². The molecule has 0 radical (unpaired) electrons. The highest BCUT2D eigenvalue weighted by Gasteiger charge is 2.27. The minimum atomic E-state index is -0.402. The second kappa shape index (κ2) is 12.6. The van der Waals surface area contributed by atoms with E-state index in [9.17, 15) is 14.4 Å². The first kappa shape index (κ1) is 27.9. The summed E-state index contributed by atoms with van der Waals surface area (Å²) in [5, 5.41) is 10.4. The number of hydrogen-bond donors (Lipinski definition) is 2. The number of ether oxygens (including phenoxy) is 2. The second-order valence-corrected chi connectivity index (χ2v) is 9.77. The maximum Gasteiger partial charge on any atom is 0.251 e. The Labute approximate surface area is 217 Å². The Hall–Kier alpha value is -3.63. The maximum absolute atomic E-state index is 13.1. The van der Waals surface area contributed by atoms with Crippen molar-refractivity contribution in [3.05, 3.63) is 35.4 Å². The van der Waals surface area contributed by atoms with Crippen molar-refractivity contribution in [2.24, 2.45) is 11.8 Å². The quantitative estimate of drug-likeness (QED) is 0.642. The van der Waals surface area contributed by atoms with Gasteiger partial charge in [0.1, 0.15) is 18.3 Å². The predicted molar refractivity (Wildman–Crippen MR) is 137 cm³/mol. The van der Waals surface area contributed by atoms with Gasteiger partial charge in [0.05, 0.1) is 26.2 Å². The number of hydrogen-bond acceptors (Lipinski definition) is 7. The van der Waals surface area contributed by atoms with Crippen LogP contribution in [0.4, 0.5) is 0 Å². The van der Waals surface area contributed by atoms with E-state index in [0.29, 0.717) is 54.8 Å². The zero-order valence-electron chi connectivity index (χ0n) is 22.5. The highest BCUT2D eigenvalue weighted by atomic mass is 16.5. The van der Waals surface area contributed by atoms with E-state index in [4.69, 9.17) is 9.47 Å². The highest BCUT2D eigenvalue weighted by molar-refractivity contribution is 5.94. The van der Waals surface area contributed by atoms with E-state index in [-0.39, 0.29) is 42.7 Å². The Morgan fingerprint density at radius 3 is 2.62 bits per heavy atom. The lowest BCUT2D eigenvalue weighted by Gasteiger charge is -2.27. The summed E-state index contributed by atoms with van der Waals surface area (Å²) in [6.45, 7) is 10.6. The molecule has 2 heterocycles. The number of aromatic nitrogens is 3. The first-order valence-electron chi connectivity index (χ1n) is 12.7. The molecule has 1 aromatic carbocycles. The molecule has 3 amide bonds. The lowest BCUT2D eigenvalue weighted by molar-refractivity contribution is -0.139. The molecule has 1 atom stereocenters. The molecular weight excluding hydrogens is 476 g/mol. The van der Waals surface area contributed by atoms with Crippen LogP contribution in [0.15, 0.2) is 18.2 Å². The zero-order chi connectivity index (χ0) is 27.1. The summed E-state index contributed by atoms with van der Waals surface area (Å²) in [7, 11) is 1.54. The number of nitrogens with one attached hydrogen (secondary N) is 2. The van der Waals surface area contributed by atoms with E-state index in [0.717, 1.165) is 0 Å². The first-order chi connectivity index (χ1) is 17.6. The molecule has 0 aliphatic carbocycles. The molecule has 2 aromatic rings. The van der Waals surface area contributed by atoms with Gasteiger partial charge in [0.15, 0.2) is 11.5 Å². The van der Waals surface area contributed by atoms with Crippen LogP contribution in [0.5, 0.6) is 11.5 Å². The van der Waals surface area contributed by atoms with Crippen LogP contribution >= 0.6 is 0 Å². The molecule has 11 heteroatoms. The second-order valence-electron chi connectivity index (χ2n) is 9.77. The Morgan fingerprint density at radius 2 is 1.95 bits per heavy atom. The molecule has 3 rings (SSSR count). The monoisotopic (exact) mass is 514 g/mol. The molecule has 0 spiro atoms. The molecule has 11 nitrogen and oxygen atoms in total. The van der Waals surface area contributed by atoms with Gasteiger partial charge in [0.25, 0.3) is 5.91 Å². The number of carbonyl (C=O) groups excluding carboxylic acids is 3. The van der Waals surface area contributed by atoms with Crippen molar-refractivity contribution < 1.29 is 23.9 Å². The van der Waals surface area contributed by atoms with Crippen LogP contribution in [-0.4, -0.2) is 70.7 Å². The van der Waals surface area contributed by atoms with E-state index in [2.05, 4.69) is 20.7 Å². The molecular formula is C26H38N6O5. The summed E-state index contributed by atoms with van der Waals surface area (Å²) in [6, 6.07) is 4.61. The Kier molecular flexibility index (Phi) is 9.48. The van der Waals surface area contributed by atoms with E-state index in [1.54, 1.807) is 55.7 Å². The van der Waals surface area contributed by atoms with Crippen molar-refractivity contribution in [3.8, 4) is 11.5 Å². The van der Waals surface area contributed by atoms with Crippen molar-refractivity contribution in [1.82, 2.24) is 30.3 Å². The van der Waals surface area contributed by atoms with Crippen LogP contribution in [0, 0.1) is 18.8 Å². The summed E-state index contributed by atoms with van der Waals surface area (Å²) < 4.78 is 13.1. The Morgan fingerprint density at radius 1 is 1.19 bits per heavy atom. The van der Waals surface area contributed by atoms with Crippen molar-refractivity contribution in [2.75, 3.05) is 33.4 Å². The molecule has 0 saturated carbocycles. The zero-order valence-corrected chi connectivity index (χ0v) is 22.5. The van der Waals surface area contributed by atoms with Crippen molar-refractivity contribution in [3.63, 3.8) is 0 Å². The first-order valence-corrected chi connectivity index (χ1v) is 12.7. The largest absolute Gasteiger partial charge is 0.493 e. The van der Waals surface area contributed by atoms with E-state index >= 15 is 0 Å². The number of aryl methyl sites for hydroxylation is 1. The minimum Gasteiger partial charge on any atom is -0.493 e. The smallest absolute Gasteiger partial charge is 0.251 e. The van der Waals surface area contributed by atoms with Gasteiger partial charge in [-0.15, -0.1) is 0 Å². The molecule has 0 fully saturated rings. The van der Waals surface area contributed by atoms with Crippen LogP contribution < -0.4 is 20.1 Å². The van der Waals surface area contributed by atoms with Gasteiger partial charge in [-0.2, -0.15) is 5.10 Å².